The van der Waals surface area contributed by atoms with E-state index in [1.54, 1.807) is 0 Å². The molecule has 0 aromatic heterocycles. The molecular formula is C63H114NO8+. The third-order valence-corrected chi connectivity index (χ3v) is 13.0. The van der Waals surface area contributed by atoms with Crippen LogP contribution < -0.4 is 0 Å². The van der Waals surface area contributed by atoms with E-state index in [4.69, 9.17) is 18.9 Å². The van der Waals surface area contributed by atoms with Gasteiger partial charge < -0.3 is 28.5 Å². The Hall–Kier alpha value is -3.01. The summed E-state index contributed by atoms with van der Waals surface area (Å²) >= 11 is 0. The predicted molar refractivity (Wildman–Crippen MR) is 304 cm³/mol. The molecule has 2 atom stereocenters. The first-order valence-corrected chi connectivity index (χ1v) is 30.0. The molecule has 0 aromatic carbocycles. The Morgan fingerprint density at radius 1 is 0.431 bits per heavy atom. The third kappa shape index (κ3) is 54.8. The topological polar surface area (TPSA) is 108 Å². The van der Waals surface area contributed by atoms with Gasteiger partial charge >= 0.3 is 17.9 Å². The first-order chi connectivity index (χ1) is 35.1. The van der Waals surface area contributed by atoms with E-state index in [1.807, 2.05) is 21.1 Å². The number of quaternary nitrogens is 1. The minimum absolute atomic E-state index is 0.184. The van der Waals surface area contributed by atoms with Crippen LogP contribution >= 0.6 is 0 Å². The average molecular weight is 1010 g/mol. The summed E-state index contributed by atoms with van der Waals surface area (Å²) in [5.74, 6) is -2.01. The van der Waals surface area contributed by atoms with Crippen LogP contribution in [0.5, 0.6) is 0 Å². The zero-order valence-corrected chi connectivity index (χ0v) is 47.6. The van der Waals surface area contributed by atoms with E-state index in [-0.39, 0.29) is 32.2 Å². The molecule has 0 radical (unpaired) electrons. The Labute approximate surface area is 444 Å². The summed E-state index contributed by atoms with van der Waals surface area (Å²) in [5, 5.41) is 9.67. The van der Waals surface area contributed by atoms with Crippen LogP contribution in [0.4, 0.5) is 0 Å². The van der Waals surface area contributed by atoms with Gasteiger partial charge in [-0.3, -0.25) is 9.59 Å². The number of hydrogen-bond donors (Lipinski definition) is 1. The van der Waals surface area contributed by atoms with Gasteiger partial charge in [0.05, 0.1) is 34.4 Å². The SMILES string of the molecule is CC/C=C\C/C=C\C/C=C\C/C=C\CCCCCCCCCCCCCCCCCCCCCCCCCCC(=O)OC(COC(=O)CCCCCCC/C=C\CCC)COC(OCC[N+](C)(C)C)C(=O)O. The molecular weight excluding hydrogens is 899 g/mol. The van der Waals surface area contributed by atoms with Gasteiger partial charge in [0.15, 0.2) is 6.10 Å². The number of allylic oxidation sites excluding steroid dienone is 10. The van der Waals surface area contributed by atoms with Crippen molar-refractivity contribution in [2.45, 2.75) is 277 Å². The van der Waals surface area contributed by atoms with Crippen molar-refractivity contribution in [3.8, 4) is 0 Å². The molecule has 0 fully saturated rings. The lowest BCUT2D eigenvalue weighted by atomic mass is 10.0. The van der Waals surface area contributed by atoms with Gasteiger partial charge in [0.1, 0.15) is 13.2 Å². The molecule has 0 bridgehead atoms. The van der Waals surface area contributed by atoms with Gasteiger partial charge in [0, 0.05) is 12.8 Å². The highest BCUT2D eigenvalue weighted by Gasteiger charge is 2.25. The lowest BCUT2D eigenvalue weighted by Crippen LogP contribution is -2.40. The summed E-state index contributed by atoms with van der Waals surface area (Å²) in [6, 6.07) is 0. The number of nitrogens with zero attached hydrogens (tertiary/aromatic N) is 1. The number of rotatable bonds is 55. The van der Waals surface area contributed by atoms with Crippen LogP contribution in [-0.2, 0) is 33.3 Å². The summed E-state index contributed by atoms with van der Waals surface area (Å²) in [7, 11) is 5.96. The van der Waals surface area contributed by atoms with Gasteiger partial charge in [0.25, 0.3) is 6.29 Å². The van der Waals surface area contributed by atoms with Crippen LogP contribution in [0.3, 0.4) is 0 Å². The number of aliphatic carboxylic acids is 1. The van der Waals surface area contributed by atoms with Crippen LogP contribution in [0.1, 0.15) is 264 Å². The second kappa shape index (κ2) is 54.3. The number of carboxylic acids is 1. The smallest absolute Gasteiger partial charge is 0.361 e. The fraction of sp³-hybridized carbons (Fsp3) is 0.794. The zero-order valence-electron chi connectivity index (χ0n) is 47.6. The van der Waals surface area contributed by atoms with Crippen LogP contribution in [-0.4, -0.2) is 87.4 Å². The first-order valence-electron chi connectivity index (χ1n) is 30.0. The molecule has 0 rings (SSSR count). The Morgan fingerprint density at radius 2 is 0.792 bits per heavy atom. The summed E-state index contributed by atoms with van der Waals surface area (Å²) in [6.07, 6.45) is 66.3. The molecule has 0 amide bonds. The minimum atomic E-state index is -1.51. The number of esters is 2. The highest BCUT2D eigenvalue weighted by atomic mass is 16.7. The van der Waals surface area contributed by atoms with E-state index in [0.717, 1.165) is 89.9 Å². The number of ether oxygens (including phenoxy) is 4. The molecule has 0 saturated carbocycles. The Balaban J connectivity index is 3.93. The van der Waals surface area contributed by atoms with Gasteiger partial charge in [0.2, 0.25) is 0 Å². The minimum Gasteiger partial charge on any atom is -0.477 e. The van der Waals surface area contributed by atoms with Crippen molar-refractivity contribution in [1.82, 2.24) is 0 Å². The number of carboxylic acid groups (broad SMARTS) is 1. The Kier molecular flexibility index (Phi) is 52.0. The van der Waals surface area contributed by atoms with Gasteiger partial charge in [-0.25, -0.2) is 4.79 Å². The van der Waals surface area contributed by atoms with Gasteiger partial charge in [-0.2, -0.15) is 0 Å². The maximum atomic E-state index is 12.8. The van der Waals surface area contributed by atoms with Gasteiger partial charge in [-0.05, 0) is 70.6 Å². The zero-order chi connectivity index (χ0) is 52.7. The molecule has 418 valence electrons. The van der Waals surface area contributed by atoms with Crippen molar-refractivity contribution >= 4 is 17.9 Å². The van der Waals surface area contributed by atoms with Crippen LogP contribution in [0.15, 0.2) is 60.8 Å². The normalized spacial score (nSPS) is 13.2. The van der Waals surface area contributed by atoms with Crippen molar-refractivity contribution in [3.63, 3.8) is 0 Å². The van der Waals surface area contributed by atoms with E-state index in [9.17, 15) is 19.5 Å². The second-order valence-corrected chi connectivity index (χ2v) is 21.3. The maximum absolute atomic E-state index is 12.8. The molecule has 0 aromatic rings. The largest absolute Gasteiger partial charge is 0.477 e. The molecule has 0 saturated heterocycles. The van der Waals surface area contributed by atoms with Crippen molar-refractivity contribution in [2.75, 3.05) is 47.5 Å². The molecule has 9 nitrogen and oxygen atoms in total. The standard InChI is InChI=1S/C63H113NO8/c1-6-8-10-12-14-16-18-19-20-21-22-23-24-25-26-27-28-29-30-31-32-33-34-35-36-37-38-39-40-41-42-43-44-46-48-50-52-54-61(66)72-59(58-71-63(62(67)68)69-56-55-64(3,4)5)57-70-60(65)53-51-49-47-45-17-15-13-11-9-7-2/h8,10-11,13-14,16,19-20,22-23,59,63H,6-7,9,12,15,17-18,21,24-58H2,1-5H3/p+1/b10-8-,13-11-,16-14-,20-19-,23-22-. The lowest BCUT2D eigenvalue weighted by molar-refractivity contribution is -0.870. The van der Waals surface area contributed by atoms with Crippen molar-refractivity contribution < 1.29 is 42.9 Å². The lowest BCUT2D eigenvalue weighted by Gasteiger charge is -2.25. The van der Waals surface area contributed by atoms with Crippen molar-refractivity contribution in [3.05, 3.63) is 60.8 Å². The summed E-state index contributed by atoms with van der Waals surface area (Å²) in [4.78, 5) is 37.2. The van der Waals surface area contributed by atoms with E-state index in [0.29, 0.717) is 17.4 Å². The van der Waals surface area contributed by atoms with Crippen molar-refractivity contribution in [1.29, 1.82) is 0 Å². The fourth-order valence-electron chi connectivity index (χ4n) is 8.42. The maximum Gasteiger partial charge on any atom is 0.361 e. The molecule has 0 spiro atoms. The molecule has 72 heavy (non-hydrogen) atoms. The first kappa shape index (κ1) is 69.0. The number of carbonyl (C=O) groups is 3. The summed E-state index contributed by atoms with van der Waals surface area (Å²) in [6.45, 7) is 4.71. The summed E-state index contributed by atoms with van der Waals surface area (Å²) in [5.41, 5.74) is 0. The van der Waals surface area contributed by atoms with E-state index in [1.165, 1.54) is 148 Å². The predicted octanol–water partition coefficient (Wildman–Crippen LogP) is 17.6. The van der Waals surface area contributed by atoms with Gasteiger partial charge in [-0.1, -0.05) is 242 Å². The Bertz CT molecular complexity index is 1360. The number of unbranched alkanes of at least 4 members (excludes halogenated alkanes) is 30. The number of carbonyl (C=O) groups excluding carboxylic acids is 2. The molecule has 9 heteroatoms. The molecule has 2 unspecified atom stereocenters. The summed E-state index contributed by atoms with van der Waals surface area (Å²) < 4.78 is 22.8. The highest BCUT2D eigenvalue weighted by Crippen LogP contribution is 2.17. The quantitative estimate of drug-likeness (QED) is 0.0211. The van der Waals surface area contributed by atoms with Crippen LogP contribution in [0.25, 0.3) is 0 Å². The highest BCUT2D eigenvalue weighted by molar-refractivity contribution is 5.71. The van der Waals surface area contributed by atoms with Gasteiger partial charge in [-0.15, -0.1) is 0 Å². The molecule has 0 aliphatic heterocycles. The number of hydrogen-bond acceptors (Lipinski definition) is 7. The number of likely N-dealkylation sites (N-methyl/N-ethyl adjacent to an activating group) is 1. The van der Waals surface area contributed by atoms with Crippen LogP contribution in [0, 0.1) is 0 Å². The van der Waals surface area contributed by atoms with E-state index < -0.39 is 24.3 Å². The van der Waals surface area contributed by atoms with E-state index >= 15 is 0 Å². The molecule has 0 aliphatic carbocycles. The Morgan fingerprint density at radius 3 is 1.19 bits per heavy atom. The van der Waals surface area contributed by atoms with Crippen molar-refractivity contribution in [2.24, 2.45) is 0 Å². The molecule has 0 heterocycles. The average Bonchev–Trinajstić information content (AvgIpc) is 3.35. The second-order valence-electron chi connectivity index (χ2n) is 21.3. The van der Waals surface area contributed by atoms with E-state index in [2.05, 4.69) is 74.6 Å². The molecule has 0 aliphatic rings. The van der Waals surface area contributed by atoms with Crippen LogP contribution in [0.2, 0.25) is 0 Å². The molecule has 1 N–H and O–H groups in total. The third-order valence-electron chi connectivity index (χ3n) is 13.0. The fourth-order valence-corrected chi connectivity index (χ4v) is 8.42. The monoisotopic (exact) mass is 1010 g/mol.